The number of ether oxygens (including phenoxy) is 1. The van der Waals surface area contributed by atoms with Crippen LogP contribution in [0, 0.1) is 5.92 Å². The quantitative estimate of drug-likeness (QED) is 0.329. The molecular weight excluding hydrogens is 510 g/mol. The summed E-state index contributed by atoms with van der Waals surface area (Å²) >= 11 is 7.05. The summed E-state index contributed by atoms with van der Waals surface area (Å²) in [6.45, 7) is 4.22. The average Bonchev–Trinajstić information content (AvgIpc) is 2.74. The number of fused-ring (bicyclic) bond motifs is 2. The maximum absolute atomic E-state index is 10.5. The van der Waals surface area contributed by atoms with E-state index in [1.807, 2.05) is 18.2 Å². The van der Waals surface area contributed by atoms with Gasteiger partial charge in [0.1, 0.15) is 17.3 Å². The molecule has 0 spiro atoms. The second kappa shape index (κ2) is 7.85. The predicted molar refractivity (Wildman–Crippen MR) is 124 cm³/mol. The van der Waals surface area contributed by atoms with Gasteiger partial charge in [-0.2, -0.15) is 4.98 Å². The lowest BCUT2D eigenvalue weighted by Crippen LogP contribution is -2.34. The lowest BCUT2D eigenvalue weighted by atomic mass is 9.97. The van der Waals surface area contributed by atoms with Crippen LogP contribution in [0.25, 0.3) is 11.4 Å². The van der Waals surface area contributed by atoms with Crippen molar-refractivity contribution in [3.8, 4) is 28.8 Å². The summed E-state index contributed by atoms with van der Waals surface area (Å²) < 4.78 is 8.11. The van der Waals surface area contributed by atoms with Gasteiger partial charge in [-0.3, -0.25) is 0 Å². The minimum atomic E-state index is 0.150. The Balaban J connectivity index is 1.65. The molecule has 30 heavy (non-hydrogen) atoms. The standard InChI is InChI=1S/C23H21Br2N3O2/c1-13-6-8-28(9-7-13)22-18-11-14-10-15(24)3-5-20(14)30-23(18)27-21(26-22)17-12-16(25)2-4-19(17)29/h2-5,10,12-13,29H,6-9,11H2,1H3. The van der Waals surface area contributed by atoms with Crippen molar-refractivity contribution < 1.29 is 9.84 Å². The van der Waals surface area contributed by atoms with Crippen LogP contribution in [-0.4, -0.2) is 28.2 Å². The first kappa shape index (κ1) is 19.8. The first-order valence-electron chi connectivity index (χ1n) is 10.1. The van der Waals surface area contributed by atoms with Gasteiger partial charge in [-0.25, -0.2) is 4.98 Å². The molecule has 0 aliphatic carbocycles. The van der Waals surface area contributed by atoms with Gasteiger partial charge < -0.3 is 14.7 Å². The lowest BCUT2D eigenvalue weighted by Gasteiger charge is -2.34. The molecule has 1 fully saturated rings. The molecule has 7 heteroatoms. The Morgan fingerprint density at radius 2 is 1.77 bits per heavy atom. The number of nitrogens with zero attached hydrogens (tertiary/aromatic N) is 3. The molecule has 2 aliphatic heterocycles. The molecule has 3 heterocycles. The van der Waals surface area contributed by atoms with Gasteiger partial charge in [-0.05, 0) is 55.2 Å². The Morgan fingerprint density at radius 3 is 2.57 bits per heavy atom. The third kappa shape index (κ3) is 3.69. The maximum atomic E-state index is 10.5. The van der Waals surface area contributed by atoms with E-state index < -0.39 is 0 Å². The zero-order chi connectivity index (χ0) is 20.8. The second-order valence-electron chi connectivity index (χ2n) is 8.02. The molecule has 0 amide bonds. The Labute approximate surface area is 192 Å². The summed E-state index contributed by atoms with van der Waals surface area (Å²) in [5, 5.41) is 10.5. The molecule has 0 unspecified atom stereocenters. The maximum Gasteiger partial charge on any atom is 0.228 e. The Kier molecular flexibility index (Phi) is 5.19. The van der Waals surface area contributed by atoms with Crippen molar-refractivity contribution in [1.29, 1.82) is 0 Å². The van der Waals surface area contributed by atoms with E-state index in [4.69, 9.17) is 14.7 Å². The largest absolute Gasteiger partial charge is 0.507 e. The molecule has 0 radical (unpaired) electrons. The van der Waals surface area contributed by atoms with Crippen LogP contribution in [0.2, 0.25) is 0 Å². The minimum absolute atomic E-state index is 0.150. The van der Waals surface area contributed by atoms with Gasteiger partial charge in [-0.1, -0.05) is 38.8 Å². The van der Waals surface area contributed by atoms with Gasteiger partial charge in [0, 0.05) is 34.0 Å². The molecule has 2 aromatic carbocycles. The van der Waals surface area contributed by atoms with Crippen LogP contribution < -0.4 is 9.64 Å². The van der Waals surface area contributed by atoms with Crippen LogP contribution in [0.5, 0.6) is 17.4 Å². The van der Waals surface area contributed by atoms with Crippen molar-refractivity contribution in [3.63, 3.8) is 0 Å². The Morgan fingerprint density at radius 1 is 1.03 bits per heavy atom. The fraction of sp³-hybridized carbons (Fsp3) is 0.304. The van der Waals surface area contributed by atoms with Crippen LogP contribution in [0.4, 0.5) is 5.82 Å². The van der Waals surface area contributed by atoms with Gasteiger partial charge in [0.25, 0.3) is 0 Å². The first-order valence-corrected chi connectivity index (χ1v) is 11.7. The summed E-state index contributed by atoms with van der Waals surface area (Å²) in [7, 11) is 0. The Bertz CT molecular complexity index is 1130. The van der Waals surface area contributed by atoms with Crippen molar-refractivity contribution in [1.82, 2.24) is 9.97 Å². The van der Waals surface area contributed by atoms with Crippen LogP contribution in [0.1, 0.15) is 30.9 Å². The van der Waals surface area contributed by atoms with Gasteiger partial charge >= 0.3 is 0 Å². The molecule has 0 saturated carbocycles. The monoisotopic (exact) mass is 529 g/mol. The van der Waals surface area contributed by atoms with Crippen molar-refractivity contribution in [2.45, 2.75) is 26.2 Å². The predicted octanol–water partition coefficient (Wildman–Crippen LogP) is 6.31. The number of halogens is 2. The summed E-state index contributed by atoms with van der Waals surface area (Å²) in [6, 6.07) is 11.3. The minimum Gasteiger partial charge on any atom is -0.507 e. The van der Waals surface area contributed by atoms with E-state index in [0.717, 1.165) is 69.9 Å². The molecule has 2 aliphatic rings. The second-order valence-corrected chi connectivity index (χ2v) is 9.85. The van der Waals surface area contributed by atoms with Gasteiger partial charge in [-0.15, -0.1) is 0 Å². The van der Waals surface area contributed by atoms with Crippen LogP contribution in [0.15, 0.2) is 45.3 Å². The molecule has 0 bridgehead atoms. The smallest absolute Gasteiger partial charge is 0.228 e. The zero-order valence-electron chi connectivity index (χ0n) is 16.5. The van der Waals surface area contributed by atoms with E-state index in [0.29, 0.717) is 17.3 Å². The average molecular weight is 531 g/mol. The fourth-order valence-electron chi connectivity index (χ4n) is 4.06. The first-order chi connectivity index (χ1) is 14.5. The highest BCUT2D eigenvalue weighted by atomic mass is 79.9. The van der Waals surface area contributed by atoms with Crippen molar-refractivity contribution in [3.05, 3.63) is 56.5 Å². The van der Waals surface area contributed by atoms with E-state index in [1.54, 1.807) is 12.1 Å². The Hall–Kier alpha value is -2.12. The van der Waals surface area contributed by atoms with E-state index in [9.17, 15) is 5.11 Å². The fourth-order valence-corrected chi connectivity index (χ4v) is 4.83. The van der Waals surface area contributed by atoms with Crippen LogP contribution in [-0.2, 0) is 6.42 Å². The van der Waals surface area contributed by atoms with Crippen molar-refractivity contribution in [2.75, 3.05) is 18.0 Å². The van der Waals surface area contributed by atoms with Crippen LogP contribution >= 0.6 is 31.9 Å². The van der Waals surface area contributed by atoms with Gasteiger partial charge in [0.15, 0.2) is 5.82 Å². The molecule has 1 aromatic heterocycles. The number of phenolic OH excluding ortho intramolecular Hbond substituents is 1. The molecular formula is C23H21Br2N3O2. The summed E-state index contributed by atoms with van der Waals surface area (Å²) in [6.07, 6.45) is 2.99. The van der Waals surface area contributed by atoms with E-state index in [-0.39, 0.29) is 5.75 Å². The summed E-state index contributed by atoms with van der Waals surface area (Å²) in [5.74, 6) is 3.64. The number of benzene rings is 2. The van der Waals surface area contributed by atoms with Gasteiger partial charge in [0.05, 0.1) is 11.1 Å². The summed E-state index contributed by atoms with van der Waals surface area (Å²) in [5.41, 5.74) is 2.71. The zero-order valence-corrected chi connectivity index (χ0v) is 19.7. The topological polar surface area (TPSA) is 58.5 Å². The van der Waals surface area contributed by atoms with E-state index in [2.05, 4.69) is 49.7 Å². The highest BCUT2D eigenvalue weighted by Crippen LogP contribution is 2.43. The number of aromatic hydroxyl groups is 1. The number of anilines is 1. The van der Waals surface area contributed by atoms with Crippen molar-refractivity contribution in [2.24, 2.45) is 5.92 Å². The molecule has 1 N–H and O–H groups in total. The third-order valence-corrected chi connectivity index (χ3v) is 6.81. The number of rotatable bonds is 2. The highest BCUT2D eigenvalue weighted by Gasteiger charge is 2.28. The number of phenols is 1. The molecule has 1 saturated heterocycles. The number of hydrogen-bond donors (Lipinski definition) is 1. The summed E-state index contributed by atoms with van der Waals surface area (Å²) in [4.78, 5) is 12.0. The van der Waals surface area contributed by atoms with E-state index in [1.165, 1.54) is 0 Å². The molecule has 0 atom stereocenters. The van der Waals surface area contributed by atoms with Crippen LogP contribution in [0.3, 0.4) is 0 Å². The molecule has 154 valence electrons. The molecule has 5 rings (SSSR count). The SMILES string of the molecule is CC1CCN(c2nc(-c3cc(Br)ccc3O)nc3c2Cc2cc(Br)ccc2O3)CC1. The van der Waals surface area contributed by atoms with Crippen molar-refractivity contribution >= 4 is 37.7 Å². The molecule has 5 nitrogen and oxygen atoms in total. The molecule has 3 aromatic rings. The lowest BCUT2D eigenvalue weighted by molar-refractivity contribution is 0.425. The number of piperidine rings is 1. The number of aromatic nitrogens is 2. The number of hydrogen-bond acceptors (Lipinski definition) is 5. The highest BCUT2D eigenvalue weighted by molar-refractivity contribution is 9.10. The normalized spacial score (nSPS) is 16.0. The third-order valence-electron chi connectivity index (χ3n) is 5.83. The van der Waals surface area contributed by atoms with E-state index >= 15 is 0 Å². The van der Waals surface area contributed by atoms with Gasteiger partial charge in [0.2, 0.25) is 5.88 Å².